The molecule has 0 aliphatic rings. The van der Waals surface area contributed by atoms with E-state index in [-0.39, 0.29) is 24.3 Å². The number of allylic oxidation sites excluding steroid dienone is 12. The van der Waals surface area contributed by atoms with Crippen LogP contribution in [-0.2, 0) is 28.6 Å². The quantitative estimate of drug-likeness (QED) is 0.0208. The molecule has 518 valence electrons. The van der Waals surface area contributed by atoms with E-state index >= 15 is 0 Å². The van der Waals surface area contributed by atoms with Crippen molar-refractivity contribution in [2.24, 2.45) is 0 Å². The number of carbonyl (C=O) groups is 3. The third-order valence-electron chi connectivity index (χ3n) is 16.9. The Morgan fingerprint density at radius 2 is 0.596 bits per heavy atom. The topological polar surface area (TPSA) is 109 Å². The predicted octanol–water partition coefficient (Wildman–Crippen LogP) is 21.6. The van der Waals surface area contributed by atoms with Gasteiger partial charge >= 0.3 is 17.9 Å². The second-order valence-electron chi connectivity index (χ2n) is 25.6. The molecular weight excluding hydrogens is 1100 g/mol. The summed E-state index contributed by atoms with van der Waals surface area (Å²) in [5.74, 6) is -0.510. The van der Waals surface area contributed by atoms with Crippen molar-refractivity contribution in [1.82, 2.24) is 14.7 Å². The minimum Gasteiger partial charge on any atom is -0.466 e. The Bertz CT molecular complexity index is 1630. The van der Waals surface area contributed by atoms with E-state index in [0.717, 1.165) is 122 Å². The van der Waals surface area contributed by atoms with Crippen molar-refractivity contribution < 1.29 is 33.7 Å². The van der Waals surface area contributed by atoms with Crippen LogP contribution in [0, 0.1) is 0 Å². The van der Waals surface area contributed by atoms with Gasteiger partial charge in [0.15, 0.2) is 0 Å². The predicted molar refractivity (Wildman–Crippen MR) is 384 cm³/mol. The van der Waals surface area contributed by atoms with Gasteiger partial charge in [0.2, 0.25) is 0 Å². The molecular formula is C79H145N3O7. The third-order valence-corrected chi connectivity index (χ3v) is 16.9. The number of aliphatic hydroxyl groups is 1. The fraction of sp³-hybridized carbons (Fsp3) is 0.810. The first-order valence-electron chi connectivity index (χ1n) is 38.0. The molecule has 0 radical (unpaired) electrons. The molecule has 0 aromatic rings. The van der Waals surface area contributed by atoms with Gasteiger partial charge in [-0.2, -0.15) is 0 Å². The molecule has 10 heteroatoms. The number of nitrogens with zero attached hydrogens (tertiary/aromatic N) is 3. The molecule has 0 fully saturated rings. The van der Waals surface area contributed by atoms with Crippen LogP contribution in [0.1, 0.15) is 336 Å². The van der Waals surface area contributed by atoms with Crippen molar-refractivity contribution in [2.75, 3.05) is 72.7 Å². The molecule has 0 aliphatic heterocycles. The molecule has 0 bridgehead atoms. The molecule has 0 aromatic carbocycles. The minimum atomic E-state index is -0.574. The molecule has 10 nitrogen and oxygen atoms in total. The largest absolute Gasteiger partial charge is 0.466 e. The Hall–Kier alpha value is -3.31. The minimum absolute atomic E-state index is 0.168. The zero-order chi connectivity index (χ0) is 64.7. The van der Waals surface area contributed by atoms with Gasteiger partial charge in [-0.3, -0.25) is 19.3 Å². The molecule has 0 aliphatic carbocycles. The van der Waals surface area contributed by atoms with Gasteiger partial charge in [0.05, 0.1) is 39.1 Å². The molecule has 0 saturated carbocycles. The average molecular weight is 1250 g/mol. The zero-order valence-corrected chi connectivity index (χ0v) is 59.3. The fourth-order valence-electron chi connectivity index (χ4n) is 11.0. The molecule has 1 atom stereocenters. The Balaban J connectivity index is 4.99. The number of unbranched alkanes of at least 4 members (excludes halogenated alkanes) is 32. The summed E-state index contributed by atoms with van der Waals surface area (Å²) in [5.41, 5.74) is 0. The highest BCUT2D eigenvalue weighted by Crippen LogP contribution is 2.16. The lowest BCUT2D eigenvalue weighted by Crippen LogP contribution is -2.39. The Morgan fingerprint density at radius 1 is 0.315 bits per heavy atom. The fourth-order valence-corrected chi connectivity index (χ4v) is 11.0. The number of esters is 3. The van der Waals surface area contributed by atoms with Crippen molar-refractivity contribution in [2.45, 2.75) is 342 Å². The molecule has 1 unspecified atom stereocenters. The molecule has 0 aromatic heterocycles. The first kappa shape index (κ1) is 85.7. The van der Waals surface area contributed by atoms with Gasteiger partial charge in [-0.25, -0.2) is 0 Å². The Kier molecular flexibility index (Phi) is 69.4. The monoisotopic (exact) mass is 1250 g/mol. The van der Waals surface area contributed by atoms with E-state index in [2.05, 4.69) is 122 Å². The van der Waals surface area contributed by atoms with E-state index in [1.807, 2.05) is 0 Å². The summed E-state index contributed by atoms with van der Waals surface area (Å²) in [6.07, 6.45) is 80.0. The van der Waals surface area contributed by atoms with Crippen molar-refractivity contribution in [3.05, 3.63) is 72.9 Å². The maximum Gasteiger partial charge on any atom is 0.307 e. The van der Waals surface area contributed by atoms with Gasteiger partial charge in [-0.1, -0.05) is 248 Å². The average Bonchev–Trinajstić information content (AvgIpc) is 3.62. The summed E-state index contributed by atoms with van der Waals surface area (Å²) in [6.45, 7) is 15.2. The highest BCUT2D eigenvalue weighted by atomic mass is 16.5. The van der Waals surface area contributed by atoms with Gasteiger partial charge in [-0.05, 0) is 168 Å². The standard InChI is InChI=1S/C79H145N3O7/c1-6-10-14-18-22-25-28-31-34-37-40-43-46-49-53-57-73-87-77(84)63-70-81(71-64-78(85)88-74-58-54-50-47-44-41-38-35-32-29-26-23-19-15-11-7-2)68-60-66-80(5)67-61-69-82(76(83)62-56-52-21-17-13-9-4)72-65-79(86)89-75-59-55-51-48-45-42-39-36-33-30-27-24-20-16-12-8-3/h22-27,31-36,76,83H,6-21,28-30,37-75H2,1-5H3/b25-22-,26-23-,27-24-,34-31-,35-32-,36-33-. The van der Waals surface area contributed by atoms with Gasteiger partial charge in [0.1, 0.15) is 6.23 Å². The van der Waals surface area contributed by atoms with Gasteiger partial charge < -0.3 is 29.1 Å². The van der Waals surface area contributed by atoms with Crippen LogP contribution < -0.4 is 0 Å². The normalized spacial score (nSPS) is 12.6. The van der Waals surface area contributed by atoms with E-state index in [1.165, 1.54) is 180 Å². The number of aliphatic hydroxyl groups excluding tert-OH is 1. The van der Waals surface area contributed by atoms with Crippen LogP contribution in [0.5, 0.6) is 0 Å². The van der Waals surface area contributed by atoms with Crippen molar-refractivity contribution in [3.8, 4) is 0 Å². The molecule has 0 saturated heterocycles. The Labute approximate surface area is 551 Å². The molecule has 0 rings (SSSR count). The third kappa shape index (κ3) is 67.4. The lowest BCUT2D eigenvalue weighted by Gasteiger charge is -2.29. The van der Waals surface area contributed by atoms with Crippen LogP contribution in [0.2, 0.25) is 0 Å². The highest BCUT2D eigenvalue weighted by molar-refractivity contribution is 5.70. The second kappa shape index (κ2) is 72.1. The van der Waals surface area contributed by atoms with E-state index < -0.39 is 6.23 Å². The summed E-state index contributed by atoms with van der Waals surface area (Å²) in [5, 5.41) is 11.4. The van der Waals surface area contributed by atoms with Gasteiger partial charge in [-0.15, -0.1) is 0 Å². The van der Waals surface area contributed by atoms with Gasteiger partial charge in [0.25, 0.3) is 0 Å². The molecule has 89 heavy (non-hydrogen) atoms. The van der Waals surface area contributed by atoms with E-state index in [0.29, 0.717) is 65.3 Å². The number of rotatable bonds is 70. The summed E-state index contributed by atoms with van der Waals surface area (Å²) in [7, 11) is 2.14. The second-order valence-corrected chi connectivity index (χ2v) is 25.6. The SMILES string of the molecule is CCCCC/C=C\C/C=C\CCCCCCCCOC(=O)CCN(CCCN(C)CCCN(CCC(=O)OCCCCCCCC/C=C\C/C=C\CCCCC)C(O)CCCCCCCC)CCC(=O)OCCCCCCCC/C=C\C/C=C\CCCCC. The maximum absolute atomic E-state index is 13.0. The van der Waals surface area contributed by atoms with Crippen LogP contribution >= 0.6 is 0 Å². The van der Waals surface area contributed by atoms with E-state index in [1.54, 1.807) is 0 Å². The lowest BCUT2D eigenvalue weighted by atomic mass is 10.1. The smallest absolute Gasteiger partial charge is 0.307 e. The maximum atomic E-state index is 13.0. The van der Waals surface area contributed by atoms with Crippen LogP contribution in [0.25, 0.3) is 0 Å². The van der Waals surface area contributed by atoms with Crippen LogP contribution in [-0.4, -0.2) is 117 Å². The summed E-state index contributed by atoms with van der Waals surface area (Å²) in [4.78, 5) is 45.5. The van der Waals surface area contributed by atoms with Crippen molar-refractivity contribution >= 4 is 17.9 Å². The Morgan fingerprint density at radius 3 is 0.955 bits per heavy atom. The summed E-state index contributed by atoms with van der Waals surface area (Å²) < 4.78 is 17.1. The summed E-state index contributed by atoms with van der Waals surface area (Å²) in [6, 6.07) is 0. The number of ether oxygens (including phenoxy) is 3. The summed E-state index contributed by atoms with van der Waals surface area (Å²) >= 11 is 0. The first-order valence-corrected chi connectivity index (χ1v) is 38.0. The van der Waals surface area contributed by atoms with E-state index in [9.17, 15) is 19.5 Å². The molecule has 0 heterocycles. The highest BCUT2D eigenvalue weighted by Gasteiger charge is 2.18. The van der Waals surface area contributed by atoms with Crippen molar-refractivity contribution in [1.29, 1.82) is 0 Å². The first-order chi connectivity index (χ1) is 43.8. The van der Waals surface area contributed by atoms with Crippen LogP contribution in [0.3, 0.4) is 0 Å². The van der Waals surface area contributed by atoms with Crippen molar-refractivity contribution in [3.63, 3.8) is 0 Å². The van der Waals surface area contributed by atoms with Crippen LogP contribution in [0.15, 0.2) is 72.9 Å². The zero-order valence-electron chi connectivity index (χ0n) is 59.3. The molecule has 0 amide bonds. The number of carbonyl (C=O) groups excluding carboxylic acids is 3. The van der Waals surface area contributed by atoms with Crippen LogP contribution in [0.4, 0.5) is 0 Å². The lowest BCUT2D eigenvalue weighted by molar-refractivity contribution is -0.145. The molecule has 1 N–H and O–H groups in total. The van der Waals surface area contributed by atoms with E-state index in [4.69, 9.17) is 14.2 Å². The van der Waals surface area contributed by atoms with Gasteiger partial charge in [0, 0.05) is 26.2 Å². The number of hydrogen-bond donors (Lipinski definition) is 1. The molecule has 0 spiro atoms. The number of hydrogen-bond acceptors (Lipinski definition) is 10.